The summed E-state index contributed by atoms with van der Waals surface area (Å²) < 4.78 is 4.62. The van der Waals surface area contributed by atoms with E-state index < -0.39 is 99.6 Å². The zero-order valence-corrected chi connectivity index (χ0v) is 28.4. The van der Waals surface area contributed by atoms with Gasteiger partial charge in [0.15, 0.2) is 11.9 Å². The first-order valence-corrected chi connectivity index (χ1v) is 11.9. The van der Waals surface area contributed by atoms with Crippen LogP contribution in [0.4, 0.5) is 34.1 Å². The number of likely N-dealkylation sites (N-methyl/N-ethyl adjacent to an activating group) is 2. The maximum absolute atomic E-state index is 11.7. The number of nitro benzene ring substituents is 6. The fraction of sp³-hybridized carbons (Fsp3) is 0.200. The molecule has 0 fully saturated rings. The average molecular weight is 760 g/mol. The molecule has 0 heterocycles. The van der Waals surface area contributed by atoms with Crippen molar-refractivity contribution in [3.63, 3.8) is 0 Å². The molecule has 0 unspecified atom stereocenters. The van der Waals surface area contributed by atoms with Gasteiger partial charge in [-0.1, -0.05) is 0 Å². The van der Waals surface area contributed by atoms with Crippen LogP contribution >= 0.6 is 0 Å². The van der Waals surface area contributed by atoms with Gasteiger partial charge >= 0.3 is 64.2 Å². The van der Waals surface area contributed by atoms with Crippen molar-refractivity contribution < 1.29 is 94.6 Å². The van der Waals surface area contributed by atoms with Crippen molar-refractivity contribution in [2.45, 2.75) is 0 Å². The number of nitro groups is 6. The Labute approximate surface area is 307 Å². The number of benzene rings is 2. The number of carbonyl (C=O) groups excluding carboxylic acids is 1. The Bertz CT molecular complexity index is 1670. The van der Waals surface area contributed by atoms with Crippen LogP contribution in [0.3, 0.4) is 0 Å². The van der Waals surface area contributed by atoms with Crippen LogP contribution < -0.4 is 45.8 Å². The molecule has 0 aliphatic heterocycles. The first-order valence-electron chi connectivity index (χ1n) is 11.9. The summed E-state index contributed by atoms with van der Waals surface area (Å²) in [5, 5.41) is 94.8. The zero-order chi connectivity index (χ0) is 38.5. The number of guanidine groups is 2. The summed E-state index contributed by atoms with van der Waals surface area (Å²) in [7, 11) is 2.68. The summed E-state index contributed by atoms with van der Waals surface area (Å²) in [5.74, 6) is -5.18. The number of hydrogen-bond acceptors (Lipinski definition) is 19. The molecule has 0 radical (unpaired) electrons. The quantitative estimate of drug-likeness (QED) is 0.0243. The SMILES string of the molecule is CN(CC(=O)O)C(=N)N.CN(CC(=O)Oc1c([N+](=O)[O-])cc([N+](=O)[O-])cc1[N+](=O)[O-])C(=N)N.O.O=[N+]([O-])c1cc([N+](=O)[O-])c(O)c([N+](=O)[O-])c1.[Na+].[OH-]. The van der Waals surface area contributed by atoms with Crippen LogP contribution in [0.25, 0.3) is 0 Å². The van der Waals surface area contributed by atoms with Gasteiger partial charge < -0.3 is 47.2 Å². The van der Waals surface area contributed by atoms with Crippen LogP contribution in [0, 0.1) is 71.5 Å². The van der Waals surface area contributed by atoms with E-state index >= 15 is 0 Å². The van der Waals surface area contributed by atoms with Crippen molar-refractivity contribution in [2.75, 3.05) is 27.2 Å². The third-order valence-electron chi connectivity index (χ3n) is 5.07. The summed E-state index contributed by atoms with van der Waals surface area (Å²) in [5.41, 5.74) is 3.89. The van der Waals surface area contributed by atoms with Gasteiger partial charge in [-0.05, 0) is 0 Å². The number of carboxylic acid groups (broad SMARTS) is 1. The molecule has 0 saturated heterocycles. The Morgan fingerprint density at radius 2 is 0.981 bits per heavy atom. The normalized spacial score (nSPS) is 9.04. The Hall–Kier alpha value is -6.96. The molecule has 0 amide bonds. The smallest absolute Gasteiger partial charge is 0.870 e. The molecule has 0 bridgehead atoms. The first kappa shape index (κ1) is 51.9. The monoisotopic (exact) mass is 760 g/mol. The predicted octanol–water partition coefficient (Wildman–Crippen LogP) is -3.84. The number of hydrogen-bond donors (Lipinski definition) is 6. The molecule has 32 heteroatoms. The molecule has 0 aliphatic rings. The maximum atomic E-state index is 11.7. The van der Waals surface area contributed by atoms with Gasteiger partial charge in [-0.2, -0.15) is 0 Å². The molecule has 0 aliphatic carbocycles. The van der Waals surface area contributed by atoms with Crippen molar-refractivity contribution in [3.05, 3.63) is 85.0 Å². The van der Waals surface area contributed by atoms with E-state index in [9.17, 15) is 70.3 Å². The summed E-state index contributed by atoms with van der Waals surface area (Å²) in [6.45, 7) is -0.851. The van der Waals surface area contributed by atoms with Crippen molar-refractivity contribution in [3.8, 4) is 11.5 Å². The first-order chi connectivity index (χ1) is 22.4. The average Bonchev–Trinajstić information content (AvgIpc) is 2.96. The van der Waals surface area contributed by atoms with Gasteiger partial charge in [0.05, 0.1) is 53.8 Å². The number of nitrogens with two attached hydrogens (primary N) is 2. The molecule has 280 valence electrons. The largest absolute Gasteiger partial charge is 1.00 e. The molecule has 31 nitrogen and oxygen atoms in total. The van der Waals surface area contributed by atoms with Crippen LogP contribution in [0.15, 0.2) is 24.3 Å². The number of ether oxygens (including phenoxy) is 1. The number of nitrogens with zero attached hydrogens (tertiary/aromatic N) is 8. The molecular formula is C20H25N12NaO19. The number of phenols is 1. The Morgan fingerprint density at radius 3 is 1.21 bits per heavy atom. The van der Waals surface area contributed by atoms with Crippen LogP contribution in [0.5, 0.6) is 11.5 Å². The van der Waals surface area contributed by atoms with Crippen molar-refractivity contribution in [1.29, 1.82) is 10.8 Å². The number of aliphatic carboxylic acids is 1. The molecule has 52 heavy (non-hydrogen) atoms. The second-order valence-electron chi connectivity index (χ2n) is 8.54. The van der Waals surface area contributed by atoms with Crippen LogP contribution in [-0.2, 0) is 9.59 Å². The van der Waals surface area contributed by atoms with E-state index in [0.717, 1.165) is 9.80 Å². The van der Waals surface area contributed by atoms with E-state index in [4.69, 9.17) is 32.5 Å². The summed E-state index contributed by atoms with van der Waals surface area (Å²) in [6.07, 6.45) is 0. The Balaban J connectivity index is -0.000000357. The van der Waals surface area contributed by atoms with Gasteiger partial charge in [-0.3, -0.25) is 76.3 Å². The van der Waals surface area contributed by atoms with Crippen LogP contribution in [0.2, 0.25) is 0 Å². The standard InChI is InChI=1S/C10H10N6O8.C6H3N3O7.C4H9N3O2.Na.2H2O/c1-13(10(11)12)4-8(17)24-9-6(15(20)21)2-5(14(18)19)3-7(9)16(22)23;10-6-4(8(13)14)1-3(7(11)12)2-5(6)9(15)16;1-7(4(5)6)2-3(8)9;;;/h2-3H,4H2,1H3,(H3,11,12);1-2,10H;2H2,1H3,(H3,5,6)(H,8,9);;2*1H2/q;;;+1;;/p-1. The van der Waals surface area contributed by atoms with E-state index in [2.05, 4.69) is 4.74 Å². The topological polar surface area (TPSA) is 510 Å². The molecule has 0 saturated carbocycles. The molecule has 11 N–H and O–H groups in total. The molecule has 2 aromatic rings. The number of aromatic hydroxyl groups is 1. The minimum atomic E-state index is -1.21. The molecular weight excluding hydrogens is 735 g/mol. The molecule has 2 rings (SSSR count). The summed E-state index contributed by atoms with van der Waals surface area (Å²) in [4.78, 5) is 80.7. The van der Waals surface area contributed by atoms with Gasteiger partial charge in [0, 0.05) is 14.1 Å². The van der Waals surface area contributed by atoms with Gasteiger partial charge in [0.1, 0.15) is 13.1 Å². The summed E-state index contributed by atoms with van der Waals surface area (Å²) in [6, 6.07) is 1.76. The number of non-ortho nitro benzene ring substituents is 2. The fourth-order valence-corrected chi connectivity index (χ4v) is 2.75. The minimum absolute atomic E-state index is 0. The van der Waals surface area contributed by atoms with Crippen LogP contribution in [-0.4, -0.2) is 112 Å². The third kappa shape index (κ3) is 16.0. The van der Waals surface area contributed by atoms with Crippen LogP contribution in [0.1, 0.15) is 0 Å². The van der Waals surface area contributed by atoms with Crippen molar-refractivity contribution in [2.24, 2.45) is 11.5 Å². The van der Waals surface area contributed by atoms with E-state index in [1.54, 1.807) is 0 Å². The minimum Gasteiger partial charge on any atom is -0.870 e. The van der Waals surface area contributed by atoms with E-state index in [0.29, 0.717) is 24.3 Å². The number of rotatable bonds is 11. The zero-order valence-electron chi connectivity index (χ0n) is 26.4. The number of esters is 1. The number of carbonyl (C=O) groups is 2. The van der Waals surface area contributed by atoms with E-state index in [1.165, 1.54) is 14.1 Å². The molecule has 2 aromatic carbocycles. The Morgan fingerprint density at radius 1 is 0.692 bits per heavy atom. The number of nitrogens with one attached hydrogen (secondary N) is 2. The number of carboxylic acids is 1. The molecule has 0 spiro atoms. The maximum Gasteiger partial charge on any atom is 1.00 e. The van der Waals surface area contributed by atoms with E-state index in [1.807, 2.05) is 0 Å². The number of phenolic OH excluding ortho intramolecular Hbond substituents is 1. The van der Waals surface area contributed by atoms with Gasteiger partial charge in [0.25, 0.3) is 22.9 Å². The predicted molar refractivity (Wildman–Crippen MR) is 162 cm³/mol. The second-order valence-corrected chi connectivity index (χ2v) is 8.54. The van der Waals surface area contributed by atoms with Gasteiger partial charge in [-0.15, -0.1) is 0 Å². The van der Waals surface area contributed by atoms with Crippen molar-refractivity contribution >= 4 is 58.0 Å². The van der Waals surface area contributed by atoms with Crippen molar-refractivity contribution in [1.82, 2.24) is 9.80 Å². The van der Waals surface area contributed by atoms with E-state index in [-0.39, 0.29) is 53.0 Å². The summed E-state index contributed by atoms with van der Waals surface area (Å²) >= 11 is 0. The second kappa shape index (κ2) is 22.6. The molecule has 0 atom stereocenters. The fourth-order valence-electron chi connectivity index (χ4n) is 2.75. The molecule has 0 aromatic heterocycles. The third-order valence-corrected chi connectivity index (χ3v) is 5.07. The van der Waals surface area contributed by atoms with Gasteiger partial charge in [-0.25, -0.2) is 4.79 Å². The Kier molecular flexibility index (Phi) is 22.6. The van der Waals surface area contributed by atoms with Gasteiger partial charge in [0.2, 0.25) is 0 Å².